The Hall–Kier alpha value is -1.40. The van der Waals surface area contributed by atoms with Crippen LogP contribution in [0.3, 0.4) is 0 Å². The zero-order valence-electron chi connectivity index (χ0n) is 9.99. The number of thiazole rings is 1. The van der Waals surface area contributed by atoms with E-state index in [-0.39, 0.29) is 6.04 Å². The molecule has 0 amide bonds. The van der Waals surface area contributed by atoms with Crippen LogP contribution in [0.25, 0.3) is 0 Å². The van der Waals surface area contributed by atoms with Crippen molar-refractivity contribution in [2.24, 2.45) is 0 Å². The molecule has 0 fully saturated rings. The van der Waals surface area contributed by atoms with Gasteiger partial charge in [0, 0.05) is 11.4 Å². The van der Waals surface area contributed by atoms with Crippen LogP contribution >= 0.6 is 11.3 Å². The molecule has 0 spiro atoms. The first-order chi connectivity index (χ1) is 8.15. The molecule has 2 rings (SSSR count). The Labute approximate surface area is 104 Å². The minimum atomic E-state index is -0.805. The van der Waals surface area contributed by atoms with E-state index in [0.717, 1.165) is 0 Å². The summed E-state index contributed by atoms with van der Waals surface area (Å²) in [6.07, 6.45) is 0.811. The van der Waals surface area contributed by atoms with Crippen LogP contribution in [-0.4, -0.2) is 27.0 Å². The smallest absolute Gasteiger partial charge is 0.163 e. The second-order valence-electron chi connectivity index (χ2n) is 3.95. The van der Waals surface area contributed by atoms with Crippen LogP contribution in [-0.2, 0) is 0 Å². The number of rotatable bonds is 4. The summed E-state index contributed by atoms with van der Waals surface area (Å²) in [5.74, 6) is 0.583. The molecule has 1 unspecified atom stereocenters. The predicted octanol–water partition coefficient (Wildman–Crippen LogP) is 2.01. The summed E-state index contributed by atoms with van der Waals surface area (Å²) in [4.78, 5) is 4.12. The van der Waals surface area contributed by atoms with Gasteiger partial charge in [-0.15, -0.1) is 11.3 Å². The summed E-state index contributed by atoms with van der Waals surface area (Å²) in [5.41, 5.74) is 2.96. The Morgan fingerprint density at radius 2 is 2.24 bits per heavy atom. The van der Waals surface area contributed by atoms with Crippen molar-refractivity contribution in [3.8, 4) is 5.75 Å². The molecular weight excluding hydrogens is 238 g/mol. The summed E-state index contributed by atoms with van der Waals surface area (Å²) >= 11 is 1.45. The molecule has 1 atom stereocenters. The average molecular weight is 253 g/mol. The maximum atomic E-state index is 10.3. The molecule has 0 saturated carbocycles. The number of hydrogen-bond donors (Lipinski definition) is 1. The van der Waals surface area contributed by atoms with E-state index in [4.69, 9.17) is 4.74 Å². The molecule has 0 aliphatic heterocycles. The number of ether oxygens (including phenoxy) is 1. The van der Waals surface area contributed by atoms with Crippen molar-refractivity contribution in [3.63, 3.8) is 0 Å². The first kappa shape index (κ1) is 12.1. The van der Waals surface area contributed by atoms with Gasteiger partial charge in [0.1, 0.15) is 11.8 Å². The lowest BCUT2D eigenvalue weighted by molar-refractivity contribution is 0.195. The summed E-state index contributed by atoms with van der Waals surface area (Å²) in [5, 5.41) is 16.4. The van der Waals surface area contributed by atoms with E-state index >= 15 is 0 Å². The number of aliphatic hydroxyl groups excluding tert-OH is 1. The highest BCUT2D eigenvalue weighted by Gasteiger charge is 2.23. The SMILES string of the molecule is COc1cnn(C(C)C)c1C(O)c1cscn1. The van der Waals surface area contributed by atoms with Gasteiger partial charge >= 0.3 is 0 Å². The summed E-state index contributed by atoms with van der Waals surface area (Å²) in [7, 11) is 1.57. The van der Waals surface area contributed by atoms with E-state index in [1.165, 1.54) is 11.3 Å². The Morgan fingerprint density at radius 1 is 1.47 bits per heavy atom. The normalized spacial score (nSPS) is 13.0. The van der Waals surface area contributed by atoms with E-state index in [2.05, 4.69) is 10.1 Å². The molecule has 1 N–H and O–H groups in total. The van der Waals surface area contributed by atoms with Gasteiger partial charge in [0.2, 0.25) is 0 Å². The van der Waals surface area contributed by atoms with Crippen molar-refractivity contribution >= 4 is 11.3 Å². The second kappa shape index (κ2) is 4.85. The Bertz CT molecular complexity index is 479. The van der Waals surface area contributed by atoms with Gasteiger partial charge in [-0.2, -0.15) is 5.10 Å². The molecule has 92 valence electrons. The largest absolute Gasteiger partial charge is 0.493 e. The Balaban J connectivity index is 2.45. The zero-order valence-corrected chi connectivity index (χ0v) is 10.8. The molecule has 2 aromatic heterocycles. The van der Waals surface area contributed by atoms with E-state index in [0.29, 0.717) is 17.1 Å². The number of methoxy groups -OCH3 is 1. The quantitative estimate of drug-likeness (QED) is 0.905. The van der Waals surface area contributed by atoms with Crippen LogP contribution in [0.1, 0.15) is 37.4 Å². The monoisotopic (exact) mass is 253 g/mol. The molecule has 0 radical (unpaired) electrons. The summed E-state index contributed by atoms with van der Waals surface area (Å²) in [6, 6.07) is 0.155. The van der Waals surface area contributed by atoms with Crippen LogP contribution in [0, 0.1) is 0 Å². The first-order valence-corrected chi connectivity index (χ1v) is 6.27. The summed E-state index contributed by atoms with van der Waals surface area (Å²) in [6.45, 7) is 4.01. The van der Waals surface area contributed by atoms with Gasteiger partial charge in [-0.3, -0.25) is 4.68 Å². The standard InChI is InChI=1S/C11H15N3O2S/c1-7(2)14-10(9(16-3)4-13-14)11(15)8-5-17-6-12-8/h4-7,11,15H,1-3H3. The fourth-order valence-corrected chi connectivity index (χ4v) is 2.25. The molecule has 5 nitrogen and oxygen atoms in total. The van der Waals surface area contributed by atoms with Crippen molar-refractivity contribution in [3.05, 3.63) is 28.5 Å². The fraction of sp³-hybridized carbons (Fsp3) is 0.455. The second-order valence-corrected chi connectivity index (χ2v) is 4.67. The van der Waals surface area contributed by atoms with Gasteiger partial charge in [-0.1, -0.05) is 0 Å². The predicted molar refractivity (Wildman–Crippen MR) is 65.3 cm³/mol. The van der Waals surface area contributed by atoms with Crippen LogP contribution < -0.4 is 4.74 Å². The van der Waals surface area contributed by atoms with Gasteiger partial charge < -0.3 is 9.84 Å². The highest BCUT2D eigenvalue weighted by molar-refractivity contribution is 7.07. The van der Waals surface area contributed by atoms with E-state index < -0.39 is 6.10 Å². The van der Waals surface area contributed by atoms with E-state index in [1.807, 2.05) is 19.2 Å². The van der Waals surface area contributed by atoms with Crippen LogP contribution in [0.15, 0.2) is 17.1 Å². The molecule has 6 heteroatoms. The number of aromatic nitrogens is 3. The Morgan fingerprint density at radius 3 is 2.76 bits per heavy atom. The molecule has 0 aliphatic carbocycles. The Kier molecular flexibility index (Phi) is 3.44. The van der Waals surface area contributed by atoms with Crippen molar-refractivity contribution in [1.29, 1.82) is 0 Å². The topological polar surface area (TPSA) is 60.2 Å². The fourth-order valence-electron chi connectivity index (χ4n) is 1.68. The van der Waals surface area contributed by atoms with Crippen molar-refractivity contribution < 1.29 is 9.84 Å². The summed E-state index contributed by atoms with van der Waals surface area (Å²) < 4.78 is 6.98. The van der Waals surface area contributed by atoms with E-state index in [1.54, 1.807) is 23.5 Å². The number of nitrogens with zero attached hydrogens (tertiary/aromatic N) is 3. The maximum Gasteiger partial charge on any atom is 0.163 e. The molecule has 0 bridgehead atoms. The van der Waals surface area contributed by atoms with Crippen molar-refractivity contribution in [2.45, 2.75) is 26.0 Å². The number of aliphatic hydroxyl groups is 1. The average Bonchev–Trinajstić information content (AvgIpc) is 2.96. The first-order valence-electron chi connectivity index (χ1n) is 5.32. The number of hydrogen-bond acceptors (Lipinski definition) is 5. The van der Waals surface area contributed by atoms with Crippen LogP contribution in [0.2, 0.25) is 0 Å². The molecule has 17 heavy (non-hydrogen) atoms. The van der Waals surface area contributed by atoms with E-state index in [9.17, 15) is 5.11 Å². The minimum absolute atomic E-state index is 0.155. The molecular formula is C11H15N3O2S. The molecule has 2 heterocycles. The highest BCUT2D eigenvalue weighted by atomic mass is 32.1. The highest BCUT2D eigenvalue weighted by Crippen LogP contribution is 2.31. The van der Waals surface area contributed by atoms with Gasteiger partial charge in [0.15, 0.2) is 5.75 Å². The third-order valence-electron chi connectivity index (χ3n) is 2.50. The lowest BCUT2D eigenvalue weighted by Crippen LogP contribution is -2.13. The molecule has 0 aromatic carbocycles. The maximum absolute atomic E-state index is 10.3. The third-order valence-corrected chi connectivity index (χ3v) is 3.10. The molecule has 0 aliphatic rings. The molecule has 0 saturated heterocycles. The van der Waals surface area contributed by atoms with Gasteiger partial charge in [-0.05, 0) is 13.8 Å². The van der Waals surface area contributed by atoms with Crippen molar-refractivity contribution in [1.82, 2.24) is 14.8 Å². The van der Waals surface area contributed by atoms with Gasteiger partial charge in [0.25, 0.3) is 0 Å². The van der Waals surface area contributed by atoms with Gasteiger partial charge in [-0.25, -0.2) is 4.98 Å². The minimum Gasteiger partial charge on any atom is -0.493 e. The van der Waals surface area contributed by atoms with Crippen molar-refractivity contribution in [2.75, 3.05) is 7.11 Å². The lowest BCUT2D eigenvalue weighted by Gasteiger charge is -2.15. The van der Waals surface area contributed by atoms with Gasteiger partial charge in [0.05, 0.1) is 24.5 Å². The lowest BCUT2D eigenvalue weighted by atomic mass is 10.2. The molecule has 2 aromatic rings. The van der Waals surface area contributed by atoms with Crippen LogP contribution in [0.5, 0.6) is 5.75 Å². The third kappa shape index (κ3) is 2.18. The van der Waals surface area contributed by atoms with Crippen LogP contribution in [0.4, 0.5) is 0 Å². The zero-order chi connectivity index (χ0) is 12.4.